The number of alkyl halides is 1. The van der Waals surface area contributed by atoms with E-state index in [4.69, 9.17) is 4.74 Å². The summed E-state index contributed by atoms with van der Waals surface area (Å²) in [6.07, 6.45) is 11.7. The first kappa shape index (κ1) is 36.6. The fourth-order valence-corrected chi connectivity index (χ4v) is 8.24. The van der Waals surface area contributed by atoms with Crippen molar-refractivity contribution in [3.05, 3.63) is 29.3 Å². The molecule has 8 nitrogen and oxygen atoms in total. The van der Waals surface area contributed by atoms with Gasteiger partial charge in [0.1, 0.15) is 5.75 Å². The average molecular weight is 703 g/mol. The number of carbonyl (C=O) groups is 4. The summed E-state index contributed by atoms with van der Waals surface area (Å²) in [5.74, 6) is 1.70. The Morgan fingerprint density at radius 3 is 1.78 bits per heavy atom. The summed E-state index contributed by atoms with van der Waals surface area (Å²) in [5, 5.41) is 0.988. The molecule has 0 unspecified atom stereocenters. The van der Waals surface area contributed by atoms with Gasteiger partial charge in [0, 0.05) is 56.1 Å². The number of imide groups is 2. The quantitative estimate of drug-likeness (QED) is 0.134. The molecular formula is C37H56BrN3O5. The number of carbonyl (C=O) groups excluding carboxylic acids is 4. The molecule has 3 saturated heterocycles. The van der Waals surface area contributed by atoms with E-state index < -0.39 is 0 Å². The van der Waals surface area contributed by atoms with E-state index in [2.05, 4.69) is 39.0 Å². The minimum absolute atomic E-state index is 0.0000854. The fourth-order valence-electron chi connectivity index (χ4n) is 7.85. The first-order chi connectivity index (χ1) is 21.9. The summed E-state index contributed by atoms with van der Waals surface area (Å²) in [6, 6.07) is 7.17. The van der Waals surface area contributed by atoms with Crippen molar-refractivity contribution >= 4 is 39.6 Å². The molecule has 2 atom stereocenters. The third kappa shape index (κ3) is 9.42. The van der Waals surface area contributed by atoms with Gasteiger partial charge in [-0.25, -0.2) is 0 Å². The maximum Gasteiger partial charge on any atom is 0.229 e. The average Bonchev–Trinajstić information content (AvgIpc) is 3.39. The Labute approximate surface area is 285 Å². The number of methoxy groups -OCH3 is 1. The Morgan fingerprint density at radius 1 is 0.739 bits per heavy atom. The van der Waals surface area contributed by atoms with Crippen LogP contribution in [-0.2, 0) is 25.6 Å². The molecule has 0 spiro atoms. The number of rotatable bonds is 12. The number of benzene rings is 1. The lowest BCUT2D eigenvalue weighted by atomic mass is 9.79. The van der Waals surface area contributed by atoms with Gasteiger partial charge in [0.15, 0.2) is 0 Å². The Balaban J connectivity index is 0.000000254. The van der Waals surface area contributed by atoms with Gasteiger partial charge in [-0.1, -0.05) is 68.6 Å². The van der Waals surface area contributed by atoms with Crippen LogP contribution >= 0.6 is 15.9 Å². The van der Waals surface area contributed by atoms with Gasteiger partial charge in [-0.2, -0.15) is 0 Å². The van der Waals surface area contributed by atoms with Gasteiger partial charge in [-0.15, -0.1) is 0 Å². The summed E-state index contributed by atoms with van der Waals surface area (Å²) >= 11 is 3.37. The van der Waals surface area contributed by atoms with Gasteiger partial charge in [0.25, 0.3) is 0 Å². The monoisotopic (exact) mass is 701 g/mol. The number of fused-ring (bicyclic) bond motifs is 3. The van der Waals surface area contributed by atoms with Crippen LogP contribution in [0.1, 0.15) is 122 Å². The molecular weight excluding hydrogens is 646 g/mol. The van der Waals surface area contributed by atoms with E-state index >= 15 is 0 Å². The number of piperidine rings is 2. The van der Waals surface area contributed by atoms with E-state index in [1.54, 1.807) is 7.11 Å². The second kappa shape index (κ2) is 16.2. The second-order valence-corrected chi connectivity index (χ2v) is 16.1. The Kier molecular flexibility index (Phi) is 12.9. The van der Waals surface area contributed by atoms with E-state index in [1.807, 2.05) is 27.7 Å². The number of halogens is 1. The zero-order chi connectivity index (χ0) is 33.5. The van der Waals surface area contributed by atoms with Crippen LogP contribution < -0.4 is 4.74 Å². The Bertz CT molecular complexity index is 1210. The highest BCUT2D eigenvalue weighted by atomic mass is 79.9. The van der Waals surface area contributed by atoms with Crippen molar-refractivity contribution in [3.63, 3.8) is 0 Å². The van der Waals surface area contributed by atoms with Crippen molar-refractivity contribution in [2.45, 2.75) is 123 Å². The molecule has 0 radical (unpaired) electrons. The number of nitrogens with zero attached hydrogens (tertiary/aromatic N) is 3. The maximum atomic E-state index is 12.3. The van der Waals surface area contributed by atoms with E-state index in [0.29, 0.717) is 50.7 Å². The normalized spacial score (nSPS) is 24.0. The van der Waals surface area contributed by atoms with Gasteiger partial charge in [-0.05, 0) is 86.1 Å². The molecule has 0 bridgehead atoms. The van der Waals surface area contributed by atoms with Crippen molar-refractivity contribution in [2.75, 3.05) is 38.6 Å². The van der Waals surface area contributed by atoms with Crippen LogP contribution in [0.4, 0.5) is 0 Å². The van der Waals surface area contributed by atoms with Gasteiger partial charge >= 0.3 is 0 Å². The predicted octanol–water partition coefficient (Wildman–Crippen LogP) is 6.87. The summed E-state index contributed by atoms with van der Waals surface area (Å²) < 4.78 is 5.59. The summed E-state index contributed by atoms with van der Waals surface area (Å²) in [6.45, 7) is 11.4. The molecule has 3 fully saturated rings. The van der Waals surface area contributed by atoms with Crippen molar-refractivity contribution in [3.8, 4) is 5.75 Å². The summed E-state index contributed by atoms with van der Waals surface area (Å²) in [5.41, 5.74) is 2.58. The highest BCUT2D eigenvalue weighted by Crippen LogP contribution is 2.44. The number of hydrogen-bond acceptors (Lipinski definition) is 6. The first-order valence-corrected chi connectivity index (χ1v) is 18.6. The molecule has 5 rings (SSSR count). The summed E-state index contributed by atoms with van der Waals surface area (Å²) in [7, 11) is 1.77. The largest absolute Gasteiger partial charge is 0.496 e. The molecule has 46 heavy (non-hydrogen) atoms. The molecule has 9 heteroatoms. The van der Waals surface area contributed by atoms with Crippen molar-refractivity contribution in [1.29, 1.82) is 0 Å². The maximum absolute atomic E-state index is 12.3. The van der Waals surface area contributed by atoms with E-state index in [1.165, 1.54) is 40.3 Å². The van der Waals surface area contributed by atoms with Crippen LogP contribution in [-0.4, -0.2) is 83.0 Å². The van der Waals surface area contributed by atoms with Gasteiger partial charge in [-0.3, -0.25) is 33.9 Å². The molecule has 0 aromatic heterocycles. The lowest BCUT2D eigenvalue weighted by Crippen LogP contribution is -2.46. The zero-order valence-electron chi connectivity index (χ0n) is 28.9. The SMILES string of the molecule is CC1(C)CC(=O)N(CCCCCBr)C(=O)C1.COc1cccc2c1CC[C@H]1[C@@H]2CCN1CCCCCN1C(=O)CC(C)(C)CC1=O. The number of ether oxygens (including phenoxy) is 1. The lowest BCUT2D eigenvalue weighted by Gasteiger charge is -2.35. The van der Waals surface area contributed by atoms with Crippen LogP contribution in [0.25, 0.3) is 0 Å². The van der Waals surface area contributed by atoms with Crippen LogP contribution in [0.2, 0.25) is 0 Å². The van der Waals surface area contributed by atoms with Crippen LogP contribution in [0, 0.1) is 10.8 Å². The Hall–Kier alpha value is -2.26. The topological polar surface area (TPSA) is 87.2 Å². The lowest BCUT2D eigenvalue weighted by molar-refractivity contribution is -0.154. The van der Waals surface area contributed by atoms with Crippen molar-refractivity contribution < 1.29 is 23.9 Å². The molecule has 4 amide bonds. The molecule has 1 aliphatic carbocycles. The molecule has 0 N–H and O–H groups in total. The smallest absolute Gasteiger partial charge is 0.229 e. The number of likely N-dealkylation sites (tertiary alicyclic amines) is 3. The van der Waals surface area contributed by atoms with E-state index in [-0.39, 0.29) is 34.5 Å². The third-order valence-corrected chi connectivity index (χ3v) is 10.8. The Morgan fingerprint density at radius 2 is 1.26 bits per heavy atom. The highest BCUT2D eigenvalue weighted by Gasteiger charge is 2.40. The number of amides is 4. The van der Waals surface area contributed by atoms with Crippen molar-refractivity contribution in [1.82, 2.24) is 14.7 Å². The predicted molar refractivity (Wildman–Crippen MR) is 185 cm³/mol. The molecule has 3 aliphatic heterocycles. The molecule has 256 valence electrons. The number of hydrogen-bond donors (Lipinski definition) is 0. The molecule has 4 aliphatic rings. The zero-order valence-corrected chi connectivity index (χ0v) is 30.5. The van der Waals surface area contributed by atoms with E-state index in [0.717, 1.165) is 62.6 Å². The van der Waals surface area contributed by atoms with Gasteiger partial charge in [0.05, 0.1) is 7.11 Å². The molecule has 3 heterocycles. The molecule has 1 aromatic carbocycles. The van der Waals surface area contributed by atoms with Crippen LogP contribution in [0.15, 0.2) is 18.2 Å². The van der Waals surface area contributed by atoms with Gasteiger partial charge < -0.3 is 4.74 Å². The summed E-state index contributed by atoms with van der Waals surface area (Å²) in [4.78, 5) is 53.7. The minimum atomic E-state index is -0.181. The molecule has 1 aromatic rings. The van der Waals surface area contributed by atoms with Crippen molar-refractivity contribution in [2.24, 2.45) is 10.8 Å². The minimum Gasteiger partial charge on any atom is -0.496 e. The number of unbranched alkanes of at least 4 members (excludes halogenated alkanes) is 4. The second-order valence-electron chi connectivity index (χ2n) is 15.3. The van der Waals surface area contributed by atoms with Gasteiger partial charge in [0.2, 0.25) is 23.6 Å². The standard InChI is InChI=1S/C25H36N2O3.C12H20BrNO2/c1-25(2)16-23(28)27(24(29)17-25)14-6-4-5-13-26-15-12-19-18-8-7-9-22(30-3)20(18)10-11-21(19)26;1-12(2)8-10(15)14(11(16)9-12)7-5-3-4-6-13/h7-9,19,21H,4-6,10-17H2,1-3H3;3-9H2,1-2H3/t19-,21+;/m1./s1. The fraction of sp³-hybridized carbons (Fsp3) is 0.730. The first-order valence-electron chi connectivity index (χ1n) is 17.5. The highest BCUT2D eigenvalue weighted by molar-refractivity contribution is 9.09. The third-order valence-electron chi connectivity index (χ3n) is 10.2. The van der Waals surface area contributed by atoms with Crippen LogP contribution in [0.5, 0.6) is 5.75 Å². The van der Waals surface area contributed by atoms with Crippen LogP contribution in [0.3, 0.4) is 0 Å². The molecule has 0 saturated carbocycles. The van der Waals surface area contributed by atoms with E-state index in [9.17, 15) is 19.2 Å².